The summed E-state index contributed by atoms with van der Waals surface area (Å²) >= 11 is 0. The van der Waals surface area contributed by atoms with Crippen LogP contribution in [0.3, 0.4) is 0 Å². The lowest BCUT2D eigenvalue weighted by Gasteiger charge is -2.00. The first kappa shape index (κ1) is 13.4. The number of nitrogens with zero attached hydrogens (tertiary/aromatic N) is 1. The Balaban J connectivity index is 1.95. The molecule has 3 aromatic rings. The second-order valence-corrected chi connectivity index (χ2v) is 5.43. The van der Waals surface area contributed by atoms with Crippen molar-refractivity contribution in [2.75, 3.05) is 5.32 Å². The number of hydrogen-bond donors (Lipinski definition) is 3. The van der Waals surface area contributed by atoms with E-state index < -0.39 is 0 Å². The van der Waals surface area contributed by atoms with Gasteiger partial charge in [0, 0.05) is 22.2 Å². The smallest absolute Gasteiger partial charge is 0.273 e. The first-order valence-electron chi connectivity index (χ1n) is 6.89. The van der Waals surface area contributed by atoms with E-state index in [1.807, 2.05) is 26.0 Å². The van der Waals surface area contributed by atoms with E-state index in [2.05, 4.69) is 40.4 Å². The van der Waals surface area contributed by atoms with Gasteiger partial charge in [-0.25, -0.2) is 0 Å². The molecule has 1 aromatic carbocycles. The van der Waals surface area contributed by atoms with E-state index >= 15 is 0 Å². The number of amides is 1. The van der Waals surface area contributed by atoms with Gasteiger partial charge in [-0.05, 0) is 51.0 Å². The monoisotopic (exact) mass is 282 g/mol. The van der Waals surface area contributed by atoms with Crippen molar-refractivity contribution < 1.29 is 4.79 Å². The summed E-state index contributed by atoms with van der Waals surface area (Å²) in [6.07, 6.45) is 0. The van der Waals surface area contributed by atoms with Crippen molar-refractivity contribution in [3.8, 4) is 0 Å². The van der Waals surface area contributed by atoms with E-state index in [1.165, 1.54) is 11.1 Å². The van der Waals surface area contributed by atoms with E-state index in [-0.39, 0.29) is 5.91 Å². The Morgan fingerprint density at radius 1 is 1.14 bits per heavy atom. The number of benzene rings is 1. The minimum Gasteiger partial charge on any atom is -0.351 e. The van der Waals surface area contributed by atoms with E-state index in [4.69, 9.17) is 0 Å². The number of carbonyl (C=O) groups is 1. The van der Waals surface area contributed by atoms with Gasteiger partial charge in [0.05, 0.1) is 0 Å². The molecule has 108 valence electrons. The van der Waals surface area contributed by atoms with Gasteiger partial charge >= 0.3 is 0 Å². The highest BCUT2D eigenvalue weighted by molar-refractivity contribution is 6.06. The number of rotatable bonds is 2. The Morgan fingerprint density at radius 2 is 1.90 bits per heavy atom. The molecule has 2 aromatic heterocycles. The Labute approximate surface area is 122 Å². The average Bonchev–Trinajstić information content (AvgIpc) is 3.02. The number of aromatic amines is 2. The zero-order valence-corrected chi connectivity index (χ0v) is 12.6. The van der Waals surface area contributed by atoms with Crippen molar-refractivity contribution in [2.24, 2.45) is 0 Å². The van der Waals surface area contributed by atoms with E-state index in [9.17, 15) is 4.79 Å². The second kappa shape index (κ2) is 4.77. The highest BCUT2D eigenvalue weighted by Crippen LogP contribution is 2.23. The summed E-state index contributed by atoms with van der Waals surface area (Å²) in [7, 11) is 0. The number of hydrogen-bond acceptors (Lipinski definition) is 2. The molecule has 0 atom stereocenters. The van der Waals surface area contributed by atoms with E-state index in [0.717, 1.165) is 22.2 Å². The minimum atomic E-state index is -0.183. The molecule has 21 heavy (non-hydrogen) atoms. The van der Waals surface area contributed by atoms with Gasteiger partial charge in [-0.1, -0.05) is 6.07 Å². The second-order valence-electron chi connectivity index (χ2n) is 5.43. The van der Waals surface area contributed by atoms with Gasteiger partial charge in [0.2, 0.25) is 0 Å². The van der Waals surface area contributed by atoms with Crippen molar-refractivity contribution >= 4 is 22.6 Å². The molecule has 5 nitrogen and oxygen atoms in total. The predicted octanol–water partition coefficient (Wildman–Crippen LogP) is 3.38. The zero-order valence-electron chi connectivity index (χ0n) is 12.6. The van der Waals surface area contributed by atoms with Crippen LogP contribution >= 0.6 is 0 Å². The van der Waals surface area contributed by atoms with Gasteiger partial charge in [0.15, 0.2) is 5.82 Å². The molecule has 5 heteroatoms. The van der Waals surface area contributed by atoms with E-state index in [1.54, 1.807) is 0 Å². The lowest BCUT2D eigenvalue weighted by molar-refractivity contribution is 0.102. The van der Waals surface area contributed by atoms with Crippen molar-refractivity contribution in [3.63, 3.8) is 0 Å². The maximum absolute atomic E-state index is 12.3. The summed E-state index contributed by atoms with van der Waals surface area (Å²) in [4.78, 5) is 15.5. The highest BCUT2D eigenvalue weighted by atomic mass is 16.2. The number of aromatic nitrogens is 3. The fourth-order valence-corrected chi connectivity index (χ4v) is 2.36. The van der Waals surface area contributed by atoms with Crippen LogP contribution in [0.25, 0.3) is 10.9 Å². The van der Waals surface area contributed by atoms with Crippen LogP contribution in [0, 0.1) is 27.7 Å². The quantitative estimate of drug-likeness (QED) is 0.674. The lowest BCUT2D eigenvalue weighted by Crippen LogP contribution is -2.13. The van der Waals surface area contributed by atoms with Gasteiger partial charge in [-0.2, -0.15) is 5.10 Å². The third-order valence-electron chi connectivity index (χ3n) is 4.07. The van der Waals surface area contributed by atoms with Gasteiger partial charge in [0.1, 0.15) is 5.69 Å². The van der Waals surface area contributed by atoms with Crippen LogP contribution in [0.5, 0.6) is 0 Å². The summed E-state index contributed by atoms with van der Waals surface area (Å²) in [5, 5.41) is 10.9. The fraction of sp³-hybridized carbons (Fsp3) is 0.250. The molecule has 0 spiro atoms. The molecule has 0 aliphatic heterocycles. The highest BCUT2D eigenvalue weighted by Gasteiger charge is 2.14. The largest absolute Gasteiger partial charge is 0.351 e. The maximum atomic E-state index is 12.3. The zero-order chi connectivity index (χ0) is 15.1. The number of nitrogens with one attached hydrogen (secondary N) is 3. The number of aryl methyl sites for hydroxylation is 3. The van der Waals surface area contributed by atoms with Crippen LogP contribution < -0.4 is 5.32 Å². The molecule has 0 saturated heterocycles. The molecule has 0 bridgehead atoms. The third kappa shape index (κ3) is 2.20. The minimum absolute atomic E-state index is 0.183. The molecule has 2 heterocycles. The molecule has 0 saturated carbocycles. The summed E-state index contributed by atoms with van der Waals surface area (Å²) in [5.41, 5.74) is 5.82. The summed E-state index contributed by atoms with van der Waals surface area (Å²) in [6, 6.07) is 5.94. The van der Waals surface area contributed by atoms with Crippen molar-refractivity contribution in [3.05, 3.63) is 46.3 Å². The van der Waals surface area contributed by atoms with Gasteiger partial charge < -0.3 is 10.3 Å². The number of H-pyrrole nitrogens is 2. The fourth-order valence-electron chi connectivity index (χ4n) is 2.36. The normalized spacial score (nSPS) is 11.0. The Hall–Kier alpha value is -2.56. The Morgan fingerprint density at radius 3 is 2.57 bits per heavy atom. The maximum Gasteiger partial charge on any atom is 0.273 e. The Kier molecular flexibility index (Phi) is 3.05. The van der Waals surface area contributed by atoms with Gasteiger partial charge in [-0.3, -0.25) is 9.89 Å². The number of fused-ring (bicyclic) bond motifs is 1. The van der Waals surface area contributed by atoms with Gasteiger partial charge in [0.25, 0.3) is 5.91 Å². The summed E-state index contributed by atoms with van der Waals surface area (Å²) in [6.45, 7) is 7.98. The van der Waals surface area contributed by atoms with Gasteiger partial charge in [-0.15, -0.1) is 0 Å². The van der Waals surface area contributed by atoms with Crippen LogP contribution in [-0.4, -0.2) is 21.1 Å². The molecule has 0 unspecified atom stereocenters. The number of anilines is 1. The van der Waals surface area contributed by atoms with Crippen LogP contribution in [0.1, 0.15) is 32.9 Å². The Bertz CT molecular complexity index is 841. The number of carbonyl (C=O) groups excluding carboxylic acids is 1. The van der Waals surface area contributed by atoms with Crippen LogP contribution in [0.4, 0.5) is 5.82 Å². The van der Waals surface area contributed by atoms with E-state index in [0.29, 0.717) is 11.5 Å². The van der Waals surface area contributed by atoms with Crippen LogP contribution in [0.15, 0.2) is 18.2 Å². The predicted molar refractivity (Wildman–Crippen MR) is 83.8 cm³/mol. The molecular formula is C16H18N4O. The van der Waals surface area contributed by atoms with Crippen LogP contribution in [0.2, 0.25) is 0 Å². The topological polar surface area (TPSA) is 73.6 Å². The summed E-state index contributed by atoms with van der Waals surface area (Å²) < 4.78 is 0. The summed E-state index contributed by atoms with van der Waals surface area (Å²) in [5.74, 6) is 0.391. The molecule has 1 amide bonds. The van der Waals surface area contributed by atoms with Crippen molar-refractivity contribution in [1.82, 2.24) is 15.2 Å². The first-order chi connectivity index (χ1) is 9.97. The van der Waals surface area contributed by atoms with Crippen molar-refractivity contribution in [2.45, 2.75) is 27.7 Å². The van der Waals surface area contributed by atoms with Crippen molar-refractivity contribution in [1.29, 1.82) is 0 Å². The molecule has 0 aliphatic carbocycles. The molecule has 3 N–H and O–H groups in total. The molecule has 0 fully saturated rings. The third-order valence-corrected chi connectivity index (χ3v) is 4.07. The first-order valence-corrected chi connectivity index (χ1v) is 6.89. The lowest BCUT2D eigenvalue weighted by atomic mass is 10.1. The molecular weight excluding hydrogens is 264 g/mol. The standard InChI is InChI=1S/C16H18N4O/c1-8-5-6-13-12(9(8)2)7-14(17-13)16(21)18-15-10(3)11(4)19-20-15/h5-7,17H,1-4H3,(H2,18,19,20,21). The molecule has 3 rings (SSSR count). The SMILES string of the molecule is Cc1ccc2[nH]c(C(=O)Nc3n[nH]c(C)c3C)cc2c1C. The van der Waals surface area contributed by atoms with Crippen LogP contribution in [-0.2, 0) is 0 Å². The molecule has 0 aliphatic rings. The molecule has 0 radical (unpaired) electrons. The average molecular weight is 282 g/mol.